The van der Waals surface area contributed by atoms with Gasteiger partial charge in [0.05, 0.1) is 6.61 Å². The van der Waals surface area contributed by atoms with E-state index in [1.807, 2.05) is 6.92 Å². The number of pyridine rings is 1. The molecular formula is C12H19N2O5P. The molecule has 0 spiro atoms. The molecule has 1 heterocycles. The minimum atomic E-state index is -4.52. The van der Waals surface area contributed by atoms with Crippen molar-refractivity contribution in [1.29, 1.82) is 0 Å². The van der Waals surface area contributed by atoms with Crippen LogP contribution in [0.15, 0.2) is 18.3 Å². The maximum atomic E-state index is 11.3. The number of nitrogens with zero attached hydrogens (tertiary/aromatic N) is 2. The molecule has 1 rings (SSSR count). The SMILES string of the molecule is CC(=O)C(C)CN(C)c1ncccc1COP(=O)(O)O. The maximum absolute atomic E-state index is 11.3. The summed E-state index contributed by atoms with van der Waals surface area (Å²) >= 11 is 0. The first-order valence-corrected chi connectivity index (χ1v) is 7.59. The zero-order valence-corrected chi connectivity index (χ0v) is 12.6. The molecule has 8 heteroatoms. The van der Waals surface area contributed by atoms with Gasteiger partial charge >= 0.3 is 7.82 Å². The van der Waals surface area contributed by atoms with Crippen molar-refractivity contribution >= 4 is 19.4 Å². The second-order valence-electron chi connectivity index (χ2n) is 4.64. The lowest BCUT2D eigenvalue weighted by Crippen LogP contribution is -2.29. The third kappa shape index (κ3) is 5.38. The molecule has 0 radical (unpaired) electrons. The molecule has 0 amide bonds. The van der Waals surface area contributed by atoms with Crippen molar-refractivity contribution in [3.8, 4) is 0 Å². The lowest BCUT2D eigenvalue weighted by Gasteiger charge is -2.23. The predicted molar refractivity (Wildman–Crippen MR) is 74.2 cm³/mol. The number of carbonyl (C=O) groups excluding carboxylic acids is 1. The summed E-state index contributed by atoms with van der Waals surface area (Å²) in [6, 6.07) is 3.33. The highest BCUT2D eigenvalue weighted by atomic mass is 31.2. The molecule has 0 aromatic carbocycles. The van der Waals surface area contributed by atoms with E-state index in [1.54, 1.807) is 30.3 Å². The van der Waals surface area contributed by atoms with Crippen molar-refractivity contribution in [3.63, 3.8) is 0 Å². The van der Waals surface area contributed by atoms with Crippen molar-refractivity contribution < 1.29 is 23.7 Å². The first-order chi connectivity index (χ1) is 9.20. The molecule has 0 bridgehead atoms. The second kappa shape index (κ2) is 6.95. The number of hydrogen-bond donors (Lipinski definition) is 2. The Hall–Kier alpha value is -1.27. The van der Waals surface area contributed by atoms with Crippen molar-refractivity contribution in [3.05, 3.63) is 23.9 Å². The monoisotopic (exact) mass is 302 g/mol. The number of ketones is 1. The topological polar surface area (TPSA) is 100.0 Å². The van der Waals surface area contributed by atoms with E-state index in [0.717, 1.165) is 0 Å². The summed E-state index contributed by atoms with van der Waals surface area (Å²) in [7, 11) is -2.76. The molecule has 20 heavy (non-hydrogen) atoms. The fourth-order valence-electron chi connectivity index (χ4n) is 1.67. The summed E-state index contributed by atoms with van der Waals surface area (Å²) in [5.74, 6) is 0.451. The van der Waals surface area contributed by atoms with E-state index >= 15 is 0 Å². The van der Waals surface area contributed by atoms with Gasteiger partial charge in [-0.25, -0.2) is 9.55 Å². The largest absolute Gasteiger partial charge is 0.469 e. The van der Waals surface area contributed by atoms with Gasteiger partial charge in [0.25, 0.3) is 0 Å². The van der Waals surface area contributed by atoms with Crippen molar-refractivity contribution in [2.75, 3.05) is 18.5 Å². The highest BCUT2D eigenvalue weighted by Crippen LogP contribution is 2.37. The summed E-state index contributed by atoms with van der Waals surface area (Å²) in [6.45, 7) is 3.56. The number of hydrogen-bond acceptors (Lipinski definition) is 5. The van der Waals surface area contributed by atoms with Crippen LogP contribution in [-0.4, -0.2) is 34.1 Å². The molecule has 1 aromatic rings. The van der Waals surface area contributed by atoms with Crippen LogP contribution in [0.3, 0.4) is 0 Å². The average Bonchev–Trinajstić information content (AvgIpc) is 2.35. The molecule has 0 saturated heterocycles. The molecule has 7 nitrogen and oxygen atoms in total. The van der Waals surface area contributed by atoms with Crippen molar-refractivity contribution in [2.45, 2.75) is 20.5 Å². The Labute approximate surface area is 117 Å². The number of anilines is 1. The predicted octanol–water partition coefficient (Wildman–Crippen LogP) is 1.35. The molecule has 0 aliphatic carbocycles. The van der Waals surface area contributed by atoms with E-state index in [4.69, 9.17) is 9.79 Å². The van der Waals surface area contributed by atoms with Gasteiger partial charge in [0.1, 0.15) is 11.6 Å². The number of carbonyl (C=O) groups is 1. The van der Waals surface area contributed by atoms with Gasteiger partial charge in [-0.15, -0.1) is 0 Å². The second-order valence-corrected chi connectivity index (χ2v) is 5.88. The Morgan fingerprint density at radius 1 is 1.55 bits per heavy atom. The molecule has 0 aliphatic heterocycles. The van der Waals surface area contributed by atoms with Crippen LogP contribution in [0.1, 0.15) is 19.4 Å². The van der Waals surface area contributed by atoms with Gasteiger partial charge in [-0.1, -0.05) is 13.0 Å². The van der Waals surface area contributed by atoms with Crippen LogP contribution >= 0.6 is 7.82 Å². The average molecular weight is 302 g/mol. The van der Waals surface area contributed by atoms with Crippen LogP contribution in [0.25, 0.3) is 0 Å². The fourth-order valence-corrected chi connectivity index (χ4v) is 1.97. The van der Waals surface area contributed by atoms with Crippen LogP contribution in [0.2, 0.25) is 0 Å². The zero-order chi connectivity index (χ0) is 15.3. The number of Topliss-reactive ketones (excluding diaryl/α,β-unsaturated/α-hetero) is 1. The van der Waals surface area contributed by atoms with Crippen LogP contribution in [0.5, 0.6) is 0 Å². The third-order valence-corrected chi connectivity index (χ3v) is 3.32. The van der Waals surface area contributed by atoms with Gasteiger partial charge in [-0.3, -0.25) is 9.32 Å². The van der Waals surface area contributed by atoms with E-state index in [1.165, 1.54) is 6.92 Å². The summed E-state index contributed by atoms with van der Waals surface area (Å²) in [4.78, 5) is 34.7. The molecule has 0 fully saturated rings. The fraction of sp³-hybridized carbons (Fsp3) is 0.500. The van der Waals surface area contributed by atoms with Gasteiger partial charge in [-0.2, -0.15) is 0 Å². The van der Waals surface area contributed by atoms with Gasteiger partial charge in [0.15, 0.2) is 0 Å². The smallest absolute Gasteiger partial charge is 0.359 e. The third-order valence-electron chi connectivity index (χ3n) is 2.86. The molecule has 0 saturated carbocycles. The quantitative estimate of drug-likeness (QED) is 0.733. The van der Waals surface area contributed by atoms with E-state index in [-0.39, 0.29) is 18.3 Å². The summed E-state index contributed by atoms with van der Waals surface area (Å²) in [5.41, 5.74) is 0.550. The Morgan fingerprint density at radius 2 is 2.20 bits per heavy atom. The lowest BCUT2D eigenvalue weighted by atomic mass is 10.1. The van der Waals surface area contributed by atoms with E-state index < -0.39 is 7.82 Å². The van der Waals surface area contributed by atoms with Crippen LogP contribution < -0.4 is 4.90 Å². The maximum Gasteiger partial charge on any atom is 0.469 e. The summed E-state index contributed by atoms with van der Waals surface area (Å²) in [5, 5.41) is 0. The zero-order valence-electron chi connectivity index (χ0n) is 11.7. The molecule has 1 unspecified atom stereocenters. The van der Waals surface area contributed by atoms with Crippen LogP contribution in [0.4, 0.5) is 5.82 Å². The van der Waals surface area contributed by atoms with Gasteiger partial charge < -0.3 is 14.7 Å². The number of rotatable bonds is 7. The highest BCUT2D eigenvalue weighted by molar-refractivity contribution is 7.46. The van der Waals surface area contributed by atoms with Gasteiger partial charge in [0.2, 0.25) is 0 Å². The van der Waals surface area contributed by atoms with Crippen LogP contribution in [0, 0.1) is 5.92 Å². The molecule has 112 valence electrons. The van der Waals surface area contributed by atoms with Crippen LogP contribution in [-0.2, 0) is 20.5 Å². The molecular weight excluding hydrogens is 283 g/mol. The standard InChI is InChI=1S/C12H19N2O5P/c1-9(10(2)15)7-14(3)12-11(5-4-6-13-12)8-19-20(16,17)18/h4-6,9H,7-8H2,1-3H3,(H2,16,17,18). The van der Waals surface area contributed by atoms with E-state index in [9.17, 15) is 9.36 Å². The van der Waals surface area contributed by atoms with E-state index in [0.29, 0.717) is 17.9 Å². The van der Waals surface area contributed by atoms with Crippen molar-refractivity contribution in [2.24, 2.45) is 5.92 Å². The Morgan fingerprint density at radius 3 is 2.75 bits per heavy atom. The molecule has 2 N–H and O–H groups in total. The van der Waals surface area contributed by atoms with Gasteiger partial charge in [-0.05, 0) is 13.0 Å². The summed E-state index contributed by atoms with van der Waals surface area (Å²) in [6.07, 6.45) is 1.57. The molecule has 1 atom stereocenters. The van der Waals surface area contributed by atoms with Gasteiger partial charge in [0, 0.05) is 31.3 Å². The molecule has 0 aliphatic rings. The first-order valence-electron chi connectivity index (χ1n) is 6.06. The Bertz CT molecular complexity index is 516. The number of phosphoric acid groups is 1. The van der Waals surface area contributed by atoms with Crippen molar-refractivity contribution in [1.82, 2.24) is 4.98 Å². The minimum Gasteiger partial charge on any atom is -0.359 e. The number of phosphoric ester groups is 1. The lowest BCUT2D eigenvalue weighted by molar-refractivity contribution is -0.119. The summed E-state index contributed by atoms with van der Waals surface area (Å²) < 4.78 is 15.2. The normalized spacial score (nSPS) is 13.1. The first kappa shape index (κ1) is 16.8. The minimum absolute atomic E-state index is 0.0702. The van der Waals surface area contributed by atoms with E-state index in [2.05, 4.69) is 9.51 Å². The highest BCUT2D eigenvalue weighted by Gasteiger charge is 2.18. The Kier molecular flexibility index (Phi) is 5.83. The molecule has 1 aromatic heterocycles. The number of aromatic nitrogens is 1. The Balaban J connectivity index is 2.84.